The maximum atomic E-state index is 12.6. The second-order valence-electron chi connectivity index (χ2n) is 7.11. The average molecular weight is 407 g/mol. The van der Waals surface area contributed by atoms with Gasteiger partial charge in [0.2, 0.25) is 5.91 Å². The summed E-state index contributed by atoms with van der Waals surface area (Å²) in [6.45, 7) is -0.130. The lowest BCUT2D eigenvalue weighted by Crippen LogP contribution is -2.44. The van der Waals surface area contributed by atoms with Gasteiger partial charge in [0.25, 0.3) is 10.0 Å². The Labute approximate surface area is 165 Å². The summed E-state index contributed by atoms with van der Waals surface area (Å²) in [7, 11) is -0.337. The fraction of sp³-hybridized carbons (Fsp3) is 0.450. The highest BCUT2D eigenvalue weighted by Crippen LogP contribution is 2.34. The monoisotopic (exact) mass is 406 g/mol. The van der Waals surface area contributed by atoms with E-state index in [1.54, 1.807) is 29.5 Å². The predicted molar refractivity (Wildman–Crippen MR) is 108 cm³/mol. The Bertz CT molecular complexity index is 843. The largest absolute Gasteiger partial charge is 0.342 e. The summed E-state index contributed by atoms with van der Waals surface area (Å²) in [4.78, 5) is 14.4. The molecule has 0 saturated heterocycles. The van der Waals surface area contributed by atoms with Crippen LogP contribution in [0, 0.1) is 0 Å². The fourth-order valence-corrected chi connectivity index (χ4v) is 6.00. The van der Waals surface area contributed by atoms with Crippen LogP contribution >= 0.6 is 11.3 Å². The first kappa shape index (κ1) is 20.0. The van der Waals surface area contributed by atoms with E-state index in [9.17, 15) is 13.2 Å². The number of hydrogen-bond donors (Lipinski definition) is 0. The van der Waals surface area contributed by atoms with Gasteiger partial charge < -0.3 is 4.90 Å². The number of sulfonamides is 1. The fourth-order valence-electron chi connectivity index (χ4n) is 3.68. The number of hydrogen-bond acceptors (Lipinski definition) is 4. The number of benzene rings is 1. The molecule has 7 heteroatoms. The molecule has 1 aromatic heterocycles. The van der Waals surface area contributed by atoms with Gasteiger partial charge in [-0.2, -0.15) is 4.31 Å². The zero-order valence-electron chi connectivity index (χ0n) is 15.7. The summed E-state index contributed by atoms with van der Waals surface area (Å²) in [5.74, 6) is 0.397. The number of carbonyl (C=O) groups excluding carboxylic acids is 1. The second kappa shape index (κ2) is 8.54. The van der Waals surface area contributed by atoms with E-state index < -0.39 is 10.0 Å². The number of nitrogens with zero attached hydrogens (tertiary/aromatic N) is 2. The van der Waals surface area contributed by atoms with E-state index in [0.717, 1.165) is 30.0 Å². The van der Waals surface area contributed by atoms with Crippen molar-refractivity contribution in [2.24, 2.45) is 0 Å². The maximum absolute atomic E-state index is 12.6. The molecule has 1 aliphatic rings. The zero-order valence-corrected chi connectivity index (χ0v) is 17.4. The quantitative estimate of drug-likeness (QED) is 0.737. The molecule has 0 aliphatic heterocycles. The average Bonchev–Trinajstić information content (AvgIpc) is 3.24. The number of likely N-dealkylation sites (N-methyl/N-ethyl adjacent to an activating group) is 2. The molecule has 1 aromatic carbocycles. The molecule has 1 heterocycles. The van der Waals surface area contributed by atoms with E-state index in [1.807, 2.05) is 6.07 Å². The third-order valence-corrected chi connectivity index (χ3v) is 8.60. The lowest BCUT2D eigenvalue weighted by molar-refractivity contribution is -0.132. The molecule has 27 heavy (non-hydrogen) atoms. The van der Waals surface area contributed by atoms with Crippen LogP contribution in [-0.2, 0) is 14.8 Å². The molecule has 0 spiro atoms. The SMILES string of the molecule is CN(C(=O)CN(C)S(=O)(=O)c1cccs1)C1CCC(c2ccccc2)CC1. The summed E-state index contributed by atoms with van der Waals surface area (Å²) in [6.07, 6.45) is 4.00. The van der Waals surface area contributed by atoms with Gasteiger partial charge in [-0.05, 0) is 48.6 Å². The Balaban J connectivity index is 1.55. The van der Waals surface area contributed by atoms with Crippen LogP contribution in [0.3, 0.4) is 0 Å². The molecule has 0 radical (unpaired) electrons. The summed E-state index contributed by atoms with van der Waals surface area (Å²) < 4.78 is 26.4. The van der Waals surface area contributed by atoms with Crippen LogP contribution in [0.15, 0.2) is 52.1 Å². The molecule has 3 rings (SSSR count). The minimum Gasteiger partial charge on any atom is -0.342 e. The first-order valence-corrected chi connectivity index (χ1v) is 11.5. The maximum Gasteiger partial charge on any atom is 0.252 e. The molecule has 146 valence electrons. The highest BCUT2D eigenvalue weighted by molar-refractivity contribution is 7.91. The lowest BCUT2D eigenvalue weighted by Gasteiger charge is -2.35. The van der Waals surface area contributed by atoms with Crippen LogP contribution < -0.4 is 0 Å². The van der Waals surface area contributed by atoms with E-state index in [1.165, 1.54) is 23.9 Å². The molecule has 1 saturated carbocycles. The van der Waals surface area contributed by atoms with Crippen molar-refractivity contribution in [1.29, 1.82) is 0 Å². The van der Waals surface area contributed by atoms with Gasteiger partial charge in [0, 0.05) is 20.1 Å². The molecule has 2 aromatic rings. The van der Waals surface area contributed by atoms with E-state index in [4.69, 9.17) is 0 Å². The molecular weight excluding hydrogens is 380 g/mol. The van der Waals surface area contributed by atoms with Gasteiger partial charge in [-0.15, -0.1) is 11.3 Å². The zero-order chi connectivity index (χ0) is 19.4. The number of thiophene rings is 1. The Morgan fingerprint density at radius 3 is 2.30 bits per heavy atom. The molecule has 5 nitrogen and oxygen atoms in total. The van der Waals surface area contributed by atoms with Gasteiger partial charge in [0.05, 0.1) is 6.54 Å². The topological polar surface area (TPSA) is 57.7 Å². The van der Waals surface area contributed by atoms with E-state index in [0.29, 0.717) is 5.92 Å². The first-order chi connectivity index (χ1) is 12.9. The van der Waals surface area contributed by atoms with Gasteiger partial charge >= 0.3 is 0 Å². The van der Waals surface area contributed by atoms with Gasteiger partial charge in [-0.3, -0.25) is 4.79 Å². The third-order valence-electron chi connectivity index (χ3n) is 5.43. The molecule has 0 atom stereocenters. The van der Waals surface area contributed by atoms with E-state index >= 15 is 0 Å². The normalized spacial score (nSPS) is 20.6. The molecule has 1 amide bonds. The van der Waals surface area contributed by atoms with Crippen LogP contribution in [-0.4, -0.2) is 50.2 Å². The summed E-state index contributed by atoms with van der Waals surface area (Å²) in [5.41, 5.74) is 1.37. The van der Waals surface area contributed by atoms with E-state index in [-0.39, 0.29) is 22.7 Å². The summed E-state index contributed by atoms with van der Waals surface area (Å²) in [5, 5.41) is 1.72. The Hall–Kier alpha value is -1.70. The predicted octanol–water partition coefficient (Wildman–Crippen LogP) is 3.55. The highest BCUT2D eigenvalue weighted by Gasteiger charge is 2.30. The molecule has 0 unspecified atom stereocenters. The van der Waals surface area contributed by atoms with Crippen LogP contribution in [0.25, 0.3) is 0 Å². The number of carbonyl (C=O) groups is 1. The third kappa shape index (κ3) is 4.59. The van der Waals surface area contributed by atoms with Gasteiger partial charge in [0.15, 0.2) is 0 Å². The van der Waals surface area contributed by atoms with Crippen molar-refractivity contribution in [3.63, 3.8) is 0 Å². The molecule has 0 N–H and O–H groups in total. The van der Waals surface area contributed by atoms with Crippen molar-refractivity contribution in [3.8, 4) is 0 Å². The summed E-state index contributed by atoms with van der Waals surface area (Å²) in [6, 6.07) is 14.0. The van der Waals surface area contributed by atoms with Crippen molar-refractivity contribution in [2.45, 2.75) is 41.9 Å². The van der Waals surface area contributed by atoms with Gasteiger partial charge in [-0.1, -0.05) is 36.4 Å². The van der Waals surface area contributed by atoms with Crippen LogP contribution in [0.5, 0.6) is 0 Å². The van der Waals surface area contributed by atoms with Crippen molar-refractivity contribution in [2.75, 3.05) is 20.6 Å². The minimum absolute atomic E-state index is 0.130. The van der Waals surface area contributed by atoms with Gasteiger partial charge in [-0.25, -0.2) is 8.42 Å². The van der Waals surface area contributed by atoms with Crippen molar-refractivity contribution in [1.82, 2.24) is 9.21 Å². The van der Waals surface area contributed by atoms with Crippen LogP contribution in [0.4, 0.5) is 0 Å². The summed E-state index contributed by atoms with van der Waals surface area (Å²) >= 11 is 1.17. The Morgan fingerprint density at radius 1 is 1.04 bits per heavy atom. The number of amides is 1. The molecule has 0 bridgehead atoms. The van der Waals surface area contributed by atoms with Crippen molar-refractivity contribution < 1.29 is 13.2 Å². The Kier molecular flexibility index (Phi) is 6.34. The van der Waals surface area contributed by atoms with E-state index in [2.05, 4.69) is 24.3 Å². The number of rotatable bonds is 6. The first-order valence-electron chi connectivity index (χ1n) is 9.20. The van der Waals surface area contributed by atoms with Crippen LogP contribution in [0.2, 0.25) is 0 Å². The molecular formula is C20H26N2O3S2. The molecule has 1 aliphatic carbocycles. The van der Waals surface area contributed by atoms with Gasteiger partial charge in [0.1, 0.15) is 4.21 Å². The lowest BCUT2D eigenvalue weighted by atomic mass is 9.81. The molecule has 1 fully saturated rings. The second-order valence-corrected chi connectivity index (χ2v) is 10.3. The smallest absolute Gasteiger partial charge is 0.252 e. The standard InChI is InChI=1S/C20H26N2O3S2/c1-21(27(24,25)20-9-6-14-26-20)15-19(23)22(2)18-12-10-17(11-13-18)16-7-4-3-5-8-16/h3-9,14,17-18H,10-13,15H2,1-2H3. The van der Waals surface area contributed by atoms with Crippen molar-refractivity contribution in [3.05, 3.63) is 53.4 Å². The minimum atomic E-state index is -3.60. The van der Waals surface area contributed by atoms with Crippen molar-refractivity contribution >= 4 is 27.3 Å². The highest BCUT2D eigenvalue weighted by atomic mass is 32.2. The Morgan fingerprint density at radius 2 is 1.70 bits per heavy atom. The van der Waals surface area contributed by atoms with Crippen LogP contribution in [0.1, 0.15) is 37.2 Å².